The fraction of sp³-hybridized carbons (Fsp3) is 0. The average Bonchev–Trinajstić information content (AvgIpc) is 0. The summed E-state index contributed by atoms with van der Waals surface area (Å²) in [5, 5.41) is 0. The Hall–Kier alpha value is 4.85. The monoisotopic (exact) mass is 295 g/mol. The molecule has 45 valence electrons. The molecule has 0 aromatic carbocycles. The van der Waals surface area contributed by atoms with Gasteiger partial charge in [-0.3, -0.25) is 0 Å². The molecule has 0 aliphatic rings. The van der Waals surface area contributed by atoms with E-state index >= 15 is 0 Å². The van der Waals surface area contributed by atoms with Crippen LogP contribution in [0.1, 0.15) is 2.85 Å². The molecule has 0 aliphatic heterocycles. The van der Waals surface area contributed by atoms with Gasteiger partial charge in [0.25, 0.3) is 0 Å². The summed E-state index contributed by atoms with van der Waals surface area (Å²) in [5.41, 5.74) is 0. The van der Waals surface area contributed by atoms with Gasteiger partial charge in [0, 0.05) is 51.2 Å². The third-order valence-electron chi connectivity index (χ3n) is 0. The quantitative estimate of drug-likeness (QED) is 0.390. The van der Waals surface area contributed by atoms with Crippen LogP contribution in [-0.2, 0) is 51.2 Å². The number of hydrogen-bond donors (Lipinski definition) is 0. The Morgan fingerprint density at radius 2 is 0.571 bits per heavy atom. The van der Waals surface area contributed by atoms with E-state index < -0.39 is 0 Å². The van der Waals surface area contributed by atoms with Crippen molar-refractivity contribution in [2.45, 2.75) is 0 Å². The first-order valence-corrected chi connectivity index (χ1v) is 0. The average molecular weight is 297 g/mol. The molecule has 0 aromatic heterocycles. The van der Waals surface area contributed by atoms with Crippen LogP contribution >= 0.6 is 0 Å². The Bertz CT molecular complexity index is 17.0. The van der Waals surface area contributed by atoms with E-state index in [0.717, 1.165) is 0 Å². The van der Waals surface area contributed by atoms with Gasteiger partial charge in [0.2, 0.25) is 0 Å². The van der Waals surface area contributed by atoms with E-state index in [4.69, 9.17) is 0 Å². The molecule has 3 radical (unpaired) electrons. The van der Waals surface area contributed by atoms with Crippen molar-refractivity contribution >= 4 is 0 Å². The predicted molar refractivity (Wildman–Crippen MR) is 2.22 cm³/mol. The van der Waals surface area contributed by atoms with Crippen molar-refractivity contribution in [2.24, 2.45) is 0 Å². The Labute approximate surface area is 152 Å². The van der Waals surface area contributed by atoms with E-state index in [-0.39, 0.29) is 155 Å². The summed E-state index contributed by atoms with van der Waals surface area (Å²) in [6.45, 7) is 0. The van der Waals surface area contributed by atoms with Crippen molar-refractivity contribution in [2.75, 3.05) is 0 Å². The van der Waals surface area contributed by atoms with Crippen molar-refractivity contribution in [3.05, 3.63) is 0 Å². The molecule has 0 nitrogen and oxygen atoms in total. The molecule has 0 aromatic rings. The summed E-state index contributed by atoms with van der Waals surface area (Å²) >= 11 is 0. The van der Waals surface area contributed by atoms with E-state index in [2.05, 4.69) is 0 Å². The number of rotatable bonds is 0. The van der Waals surface area contributed by atoms with E-state index in [1.54, 1.807) is 0 Å². The molecule has 0 aliphatic carbocycles. The minimum atomic E-state index is 0. The molecule has 0 rings (SSSR count). The van der Waals surface area contributed by atoms with Crippen LogP contribution < -0.4 is 101 Å². The summed E-state index contributed by atoms with van der Waals surface area (Å²) in [5.74, 6) is 0. The molecule has 0 fully saturated rings. The normalized spacial score (nSPS) is 0. The second-order valence-electron chi connectivity index (χ2n) is 0. The third-order valence-corrected chi connectivity index (χ3v) is 0. The Kier molecular flexibility index (Phi) is 379. The van der Waals surface area contributed by atoms with Crippen LogP contribution in [0.15, 0.2) is 0 Å². The predicted octanol–water partition coefficient (Wildman–Crippen LogP) is -11.8. The summed E-state index contributed by atoms with van der Waals surface area (Å²) in [6, 6.07) is 0. The first-order chi connectivity index (χ1) is 0. The van der Waals surface area contributed by atoms with Crippen molar-refractivity contribution in [3.63, 3.8) is 0 Å². The molecule has 0 N–H and O–H groups in total. The van der Waals surface area contributed by atoms with Gasteiger partial charge in [-0.25, -0.2) is 0 Å². The molecule has 0 saturated carbocycles. The van der Waals surface area contributed by atoms with Gasteiger partial charge >= 0.3 is 88.7 Å². The largest absolute Gasteiger partial charge is 1.00 e. The van der Waals surface area contributed by atoms with E-state index in [1.807, 2.05) is 0 Å². The minimum absolute atomic E-state index is 0. The van der Waals surface area contributed by atoms with Crippen molar-refractivity contribution in [3.8, 4) is 0 Å². The molecule has 0 heterocycles. The molecule has 0 spiro atoms. The maximum absolute atomic E-state index is 0. The van der Waals surface area contributed by atoms with Gasteiger partial charge in [0.15, 0.2) is 0 Å². The SMILES string of the molecule is [Cl-].[Cu].[Cu].[Cu].[H-].[H-].[Na+].[Na+].[Na+]. The molecule has 0 saturated heterocycles. The fourth-order valence-corrected chi connectivity index (χ4v) is 0. The van der Waals surface area contributed by atoms with Gasteiger partial charge in [-0.2, -0.15) is 0 Å². The molecular weight excluding hydrogens is 295 g/mol. The second kappa shape index (κ2) is 44.8. The zero-order chi connectivity index (χ0) is 0. The molecule has 0 atom stereocenters. The maximum atomic E-state index is 0. The van der Waals surface area contributed by atoms with Gasteiger partial charge < -0.3 is 15.3 Å². The van der Waals surface area contributed by atoms with Crippen LogP contribution in [0.4, 0.5) is 0 Å². The molecule has 0 unspecified atom stereocenters. The first kappa shape index (κ1) is 59.3. The van der Waals surface area contributed by atoms with Crippen LogP contribution in [0.25, 0.3) is 0 Å². The summed E-state index contributed by atoms with van der Waals surface area (Å²) in [4.78, 5) is 0. The van der Waals surface area contributed by atoms with Crippen LogP contribution in [0.2, 0.25) is 0 Å². The second-order valence-corrected chi connectivity index (χ2v) is 0. The Morgan fingerprint density at radius 3 is 0.571 bits per heavy atom. The molecule has 7 heavy (non-hydrogen) atoms. The zero-order valence-electron chi connectivity index (χ0n) is 6.28. The topological polar surface area (TPSA) is 0 Å². The number of halogens is 1. The summed E-state index contributed by atoms with van der Waals surface area (Å²) in [7, 11) is 0. The minimum Gasteiger partial charge on any atom is -1.00 e. The smallest absolute Gasteiger partial charge is 1.00 e. The fourth-order valence-electron chi connectivity index (χ4n) is 0. The van der Waals surface area contributed by atoms with Crippen molar-refractivity contribution in [1.82, 2.24) is 0 Å². The van der Waals surface area contributed by atoms with Crippen molar-refractivity contribution in [1.29, 1.82) is 0 Å². The molecule has 7 heteroatoms. The van der Waals surface area contributed by atoms with Crippen molar-refractivity contribution < 1.29 is 155 Å². The van der Waals surface area contributed by atoms with E-state index in [1.165, 1.54) is 0 Å². The maximum Gasteiger partial charge on any atom is 1.00 e. The molecular formula is H2ClCu3Na3. The third kappa shape index (κ3) is 36.1. The van der Waals surface area contributed by atoms with Crippen LogP contribution in [0.3, 0.4) is 0 Å². The molecule has 0 bridgehead atoms. The van der Waals surface area contributed by atoms with Gasteiger partial charge in [0.05, 0.1) is 0 Å². The molecule has 0 amide bonds. The van der Waals surface area contributed by atoms with E-state index in [0.29, 0.717) is 0 Å². The van der Waals surface area contributed by atoms with Gasteiger partial charge in [-0.1, -0.05) is 0 Å². The number of hydrogen-bond acceptors (Lipinski definition) is 0. The summed E-state index contributed by atoms with van der Waals surface area (Å²) < 4.78 is 0. The van der Waals surface area contributed by atoms with Gasteiger partial charge in [0.1, 0.15) is 0 Å². The van der Waals surface area contributed by atoms with Gasteiger partial charge in [-0.05, 0) is 0 Å². The summed E-state index contributed by atoms with van der Waals surface area (Å²) in [6.07, 6.45) is 0. The Morgan fingerprint density at radius 1 is 0.571 bits per heavy atom. The van der Waals surface area contributed by atoms with Gasteiger partial charge in [-0.15, -0.1) is 0 Å². The van der Waals surface area contributed by atoms with Crippen LogP contribution in [-0.4, -0.2) is 0 Å². The standard InChI is InChI=1S/ClH.3Cu.3Na.2H/h1H;;;;;;;;/q;;;;3*+1;2*-1/p-1. The van der Waals surface area contributed by atoms with E-state index in [9.17, 15) is 0 Å². The zero-order valence-corrected chi connectivity index (χ0v) is 13.9. The van der Waals surface area contributed by atoms with Crippen LogP contribution in [0.5, 0.6) is 0 Å². The van der Waals surface area contributed by atoms with Crippen LogP contribution in [0, 0.1) is 0 Å². The Balaban J connectivity index is 0. The first-order valence-electron chi connectivity index (χ1n) is 0.